The molecule has 1 fully saturated rings. The van der Waals surface area contributed by atoms with Gasteiger partial charge in [-0.25, -0.2) is 8.42 Å². The van der Waals surface area contributed by atoms with E-state index in [1.54, 1.807) is 14.0 Å². The predicted octanol–water partition coefficient (Wildman–Crippen LogP) is 0.880. The molecule has 2 N–H and O–H groups in total. The van der Waals surface area contributed by atoms with Crippen molar-refractivity contribution in [1.29, 1.82) is 0 Å². The Hall–Kier alpha value is -0.240. The Morgan fingerprint density at radius 1 is 1.61 bits per heavy atom. The van der Waals surface area contributed by atoms with Crippen molar-refractivity contribution in [2.24, 2.45) is 5.73 Å². The van der Waals surface area contributed by atoms with Gasteiger partial charge in [-0.05, 0) is 26.2 Å². The average molecular weight is 294 g/mol. The zero-order valence-electron chi connectivity index (χ0n) is 11.1. The van der Waals surface area contributed by atoms with Gasteiger partial charge in [-0.15, -0.1) is 0 Å². The van der Waals surface area contributed by atoms with E-state index in [-0.39, 0.29) is 17.1 Å². The molecule has 3 atom stereocenters. The maximum atomic E-state index is 12.5. The number of methoxy groups -OCH3 is 1. The minimum Gasteiger partial charge on any atom is -0.392 e. The number of hydrogen-bond acceptors (Lipinski definition) is 4. The van der Waals surface area contributed by atoms with Crippen molar-refractivity contribution < 1.29 is 13.2 Å². The topological polar surface area (TPSA) is 72.6 Å². The van der Waals surface area contributed by atoms with Crippen LogP contribution in [0.2, 0.25) is 0 Å². The van der Waals surface area contributed by atoms with Crippen molar-refractivity contribution in [2.75, 3.05) is 13.7 Å². The molecular weight excluding hydrogens is 272 g/mol. The lowest BCUT2D eigenvalue weighted by atomic mass is 10.0. The van der Waals surface area contributed by atoms with Crippen LogP contribution in [0.15, 0.2) is 0 Å². The number of thiocarbonyl (C=S) groups is 1. The molecule has 1 saturated heterocycles. The summed E-state index contributed by atoms with van der Waals surface area (Å²) in [4.78, 5) is 0.0542. The normalized spacial score (nSPS) is 27.9. The largest absolute Gasteiger partial charge is 0.392 e. The highest BCUT2D eigenvalue weighted by atomic mass is 32.2. The highest BCUT2D eigenvalue weighted by molar-refractivity contribution is 7.92. The van der Waals surface area contributed by atoms with E-state index >= 15 is 0 Å². The molecule has 18 heavy (non-hydrogen) atoms. The van der Waals surface area contributed by atoms with Crippen LogP contribution in [0.5, 0.6) is 0 Å². The number of hydrogen-bond donors (Lipinski definition) is 1. The first-order chi connectivity index (χ1) is 8.34. The second-order valence-corrected chi connectivity index (χ2v) is 7.23. The van der Waals surface area contributed by atoms with Gasteiger partial charge in [0.05, 0.1) is 11.1 Å². The van der Waals surface area contributed by atoms with Gasteiger partial charge >= 0.3 is 0 Å². The Balaban J connectivity index is 2.89. The van der Waals surface area contributed by atoms with Crippen LogP contribution in [-0.4, -0.2) is 48.8 Å². The van der Waals surface area contributed by atoms with Crippen molar-refractivity contribution in [1.82, 2.24) is 4.31 Å². The van der Waals surface area contributed by atoms with E-state index in [1.165, 1.54) is 4.31 Å². The third-order valence-electron chi connectivity index (χ3n) is 3.47. The van der Waals surface area contributed by atoms with Crippen molar-refractivity contribution in [3.63, 3.8) is 0 Å². The minimum atomic E-state index is -3.44. The predicted molar refractivity (Wildman–Crippen MR) is 76.0 cm³/mol. The Kier molecular flexibility index (Phi) is 5.51. The number of ether oxygens (including phenoxy) is 1. The van der Waals surface area contributed by atoms with Crippen LogP contribution >= 0.6 is 12.2 Å². The molecule has 1 aliphatic heterocycles. The van der Waals surface area contributed by atoms with E-state index in [9.17, 15) is 8.42 Å². The van der Waals surface area contributed by atoms with Gasteiger partial charge in [0.15, 0.2) is 0 Å². The first-order valence-corrected chi connectivity index (χ1v) is 8.08. The van der Waals surface area contributed by atoms with E-state index < -0.39 is 15.3 Å². The molecule has 106 valence electrons. The van der Waals surface area contributed by atoms with Crippen molar-refractivity contribution in [3.8, 4) is 0 Å². The molecule has 0 saturated carbocycles. The maximum Gasteiger partial charge on any atom is 0.223 e. The Morgan fingerprint density at radius 2 is 2.22 bits per heavy atom. The Bertz CT molecular complexity index is 397. The van der Waals surface area contributed by atoms with Crippen molar-refractivity contribution in [2.45, 2.75) is 50.5 Å². The van der Waals surface area contributed by atoms with Gasteiger partial charge in [0.25, 0.3) is 0 Å². The van der Waals surface area contributed by atoms with Gasteiger partial charge in [-0.2, -0.15) is 4.31 Å². The van der Waals surface area contributed by atoms with E-state index in [0.29, 0.717) is 25.8 Å². The van der Waals surface area contributed by atoms with Crippen molar-refractivity contribution >= 4 is 27.2 Å². The molecule has 0 aromatic heterocycles. The molecule has 5 nitrogen and oxygen atoms in total. The first kappa shape index (κ1) is 15.8. The van der Waals surface area contributed by atoms with Crippen LogP contribution in [0, 0.1) is 0 Å². The fourth-order valence-corrected chi connectivity index (χ4v) is 4.94. The molecular formula is C11H22N2O3S2. The SMILES string of the molecule is CCC(C(N)=S)S(=O)(=O)N1CCC(OC)CC1C. The summed E-state index contributed by atoms with van der Waals surface area (Å²) in [5, 5.41) is -0.756. The van der Waals surface area contributed by atoms with E-state index in [4.69, 9.17) is 22.7 Å². The zero-order chi connectivity index (χ0) is 13.9. The van der Waals surface area contributed by atoms with Crippen LogP contribution in [0.3, 0.4) is 0 Å². The molecule has 0 aromatic rings. The zero-order valence-corrected chi connectivity index (χ0v) is 12.8. The number of nitrogens with zero attached hydrogens (tertiary/aromatic N) is 1. The second-order valence-electron chi connectivity index (χ2n) is 4.69. The average Bonchev–Trinajstić information content (AvgIpc) is 2.28. The molecule has 0 radical (unpaired) electrons. The third kappa shape index (κ3) is 3.20. The quantitative estimate of drug-likeness (QED) is 0.762. The van der Waals surface area contributed by atoms with Gasteiger partial charge in [-0.1, -0.05) is 19.1 Å². The molecule has 7 heteroatoms. The molecule has 0 aliphatic carbocycles. The summed E-state index contributed by atoms with van der Waals surface area (Å²) in [5.41, 5.74) is 5.54. The summed E-state index contributed by atoms with van der Waals surface area (Å²) in [7, 11) is -1.78. The molecule has 0 amide bonds. The van der Waals surface area contributed by atoms with Gasteiger partial charge in [-0.3, -0.25) is 0 Å². The highest BCUT2D eigenvalue weighted by Crippen LogP contribution is 2.25. The summed E-state index contributed by atoms with van der Waals surface area (Å²) in [6.07, 6.45) is 1.97. The van der Waals surface area contributed by atoms with Crippen molar-refractivity contribution in [3.05, 3.63) is 0 Å². The lowest BCUT2D eigenvalue weighted by molar-refractivity contribution is 0.0421. The minimum absolute atomic E-state index is 0.0542. The molecule has 0 aromatic carbocycles. The molecule has 1 aliphatic rings. The van der Waals surface area contributed by atoms with E-state index in [2.05, 4.69) is 0 Å². The highest BCUT2D eigenvalue weighted by Gasteiger charge is 2.38. The third-order valence-corrected chi connectivity index (χ3v) is 6.41. The second kappa shape index (κ2) is 6.27. The van der Waals surface area contributed by atoms with Gasteiger partial charge in [0.2, 0.25) is 10.0 Å². The van der Waals surface area contributed by atoms with Gasteiger partial charge in [0, 0.05) is 19.7 Å². The summed E-state index contributed by atoms with van der Waals surface area (Å²) in [6, 6.07) is -0.0721. The lowest BCUT2D eigenvalue weighted by Crippen LogP contribution is -2.52. The van der Waals surface area contributed by atoms with Crippen LogP contribution in [-0.2, 0) is 14.8 Å². The molecule has 0 spiro atoms. The first-order valence-electron chi connectivity index (χ1n) is 6.17. The number of rotatable bonds is 5. The molecule has 3 unspecified atom stereocenters. The summed E-state index contributed by atoms with van der Waals surface area (Å²) in [5.74, 6) is 0. The smallest absolute Gasteiger partial charge is 0.223 e. The molecule has 1 heterocycles. The number of nitrogens with two attached hydrogens (primary N) is 1. The fourth-order valence-electron chi connectivity index (χ4n) is 2.42. The van der Waals surface area contributed by atoms with E-state index in [1.807, 2.05) is 6.92 Å². The Morgan fingerprint density at radius 3 is 2.61 bits per heavy atom. The number of piperidine rings is 1. The summed E-state index contributed by atoms with van der Waals surface area (Å²) >= 11 is 4.87. The standard InChI is InChI=1S/C11H22N2O3S2/c1-4-10(11(12)17)18(14,15)13-6-5-9(16-3)7-8(13)2/h8-10H,4-7H2,1-3H3,(H2,12,17). The van der Waals surface area contributed by atoms with E-state index in [0.717, 1.165) is 0 Å². The van der Waals surface area contributed by atoms with Crippen LogP contribution < -0.4 is 5.73 Å². The summed E-state index contributed by atoms with van der Waals surface area (Å²) in [6.45, 7) is 4.16. The van der Waals surface area contributed by atoms with Gasteiger partial charge < -0.3 is 10.5 Å². The number of sulfonamides is 1. The summed E-state index contributed by atoms with van der Waals surface area (Å²) < 4.78 is 31.8. The van der Waals surface area contributed by atoms with Crippen LogP contribution in [0.1, 0.15) is 33.1 Å². The lowest BCUT2D eigenvalue weighted by Gasteiger charge is -2.37. The molecule has 0 bridgehead atoms. The fraction of sp³-hybridized carbons (Fsp3) is 0.909. The maximum absolute atomic E-state index is 12.5. The Labute approximate surface area is 115 Å². The van der Waals surface area contributed by atoms with Gasteiger partial charge in [0.1, 0.15) is 5.25 Å². The molecule has 1 rings (SSSR count). The van der Waals surface area contributed by atoms with Crippen LogP contribution in [0.25, 0.3) is 0 Å². The van der Waals surface area contributed by atoms with Crippen LogP contribution in [0.4, 0.5) is 0 Å². The monoisotopic (exact) mass is 294 g/mol.